The molecule has 3 heteroatoms. The van der Waals surface area contributed by atoms with Crippen LogP contribution in [0.5, 0.6) is 0 Å². The van der Waals surface area contributed by atoms with Crippen LogP contribution >= 0.6 is 11.6 Å². The fraction of sp³-hybridized carbons (Fsp3) is 0.286. The average molecular weight is 249 g/mol. The molecule has 0 aliphatic rings. The Balaban J connectivity index is 2.38. The zero-order valence-electron chi connectivity index (χ0n) is 10.2. The molecule has 0 saturated carbocycles. The molecule has 0 aliphatic carbocycles. The molecule has 1 heterocycles. The van der Waals surface area contributed by atoms with Gasteiger partial charge in [-0.3, -0.25) is 0 Å². The lowest BCUT2D eigenvalue weighted by Gasteiger charge is -2.12. The van der Waals surface area contributed by atoms with E-state index < -0.39 is 0 Å². The molecule has 0 saturated heterocycles. The summed E-state index contributed by atoms with van der Waals surface area (Å²) in [6.07, 6.45) is 2.07. The van der Waals surface area contributed by atoms with Crippen LogP contribution in [0.15, 0.2) is 36.5 Å². The summed E-state index contributed by atoms with van der Waals surface area (Å²) in [4.78, 5) is 0. The Labute approximate surface area is 107 Å². The maximum absolute atomic E-state index is 6.06. The number of aromatic nitrogens is 1. The molecule has 1 aromatic heterocycles. The van der Waals surface area contributed by atoms with Crippen LogP contribution in [0.25, 0.3) is 5.69 Å². The smallest absolute Gasteiger partial charge is 0.0496 e. The van der Waals surface area contributed by atoms with E-state index in [1.807, 2.05) is 12.1 Å². The SMILES string of the molecule is CCNCc1cccn1-c1cc(Cl)ccc1C. The van der Waals surface area contributed by atoms with Crippen LogP contribution in [-0.2, 0) is 6.54 Å². The molecule has 17 heavy (non-hydrogen) atoms. The molecule has 0 amide bonds. The molecule has 0 atom stereocenters. The number of hydrogen-bond donors (Lipinski definition) is 1. The quantitative estimate of drug-likeness (QED) is 0.876. The van der Waals surface area contributed by atoms with Crippen LogP contribution in [0, 0.1) is 6.92 Å². The Hall–Kier alpha value is -1.25. The number of halogens is 1. The lowest BCUT2D eigenvalue weighted by atomic mass is 10.2. The number of nitrogens with zero attached hydrogens (tertiary/aromatic N) is 1. The summed E-state index contributed by atoms with van der Waals surface area (Å²) in [7, 11) is 0. The molecular formula is C14H17ClN2. The molecule has 2 aromatic rings. The largest absolute Gasteiger partial charge is 0.319 e. The molecule has 0 aliphatic heterocycles. The normalized spacial score (nSPS) is 10.8. The molecular weight excluding hydrogens is 232 g/mol. The molecule has 0 fully saturated rings. The van der Waals surface area contributed by atoms with Crippen molar-refractivity contribution in [1.82, 2.24) is 9.88 Å². The third-order valence-electron chi connectivity index (χ3n) is 2.82. The summed E-state index contributed by atoms with van der Waals surface area (Å²) in [5.41, 5.74) is 3.62. The Kier molecular flexibility index (Phi) is 3.87. The van der Waals surface area contributed by atoms with Crippen molar-refractivity contribution >= 4 is 11.6 Å². The summed E-state index contributed by atoms with van der Waals surface area (Å²) in [6, 6.07) is 10.2. The van der Waals surface area contributed by atoms with Gasteiger partial charge < -0.3 is 9.88 Å². The molecule has 1 N–H and O–H groups in total. The fourth-order valence-corrected chi connectivity index (χ4v) is 2.06. The van der Waals surface area contributed by atoms with Crippen molar-refractivity contribution < 1.29 is 0 Å². The second-order valence-electron chi connectivity index (χ2n) is 4.08. The van der Waals surface area contributed by atoms with Gasteiger partial charge in [0.1, 0.15) is 0 Å². The van der Waals surface area contributed by atoms with Crippen molar-refractivity contribution in [3.63, 3.8) is 0 Å². The summed E-state index contributed by atoms with van der Waals surface area (Å²) in [6.45, 7) is 6.05. The molecule has 0 radical (unpaired) electrons. The van der Waals surface area contributed by atoms with Gasteiger partial charge in [0.05, 0.1) is 0 Å². The first-order valence-electron chi connectivity index (χ1n) is 5.86. The maximum atomic E-state index is 6.06. The molecule has 0 bridgehead atoms. The van der Waals surface area contributed by atoms with E-state index in [1.54, 1.807) is 0 Å². The van der Waals surface area contributed by atoms with Crippen LogP contribution in [0.3, 0.4) is 0 Å². The standard InChI is InChI=1S/C14H17ClN2/c1-3-16-10-13-5-4-8-17(13)14-9-12(15)7-6-11(14)2/h4-9,16H,3,10H2,1-2H3. The van der Waals surface area contributed by atoms with Crippen molar-refractivity contribution in [2.45, 2.75) is 20.4 Å². The maximum Gasteiger partial charge on any atom is 0.0496 e. The van der Waals surface area contributed by atoms with Gasteiger partial charge in [-0.25, -0.2) is 0 Å². The third kappa shape index (κ3) is 2.71. The Morgan fingerprint density at radius 3 is 2.88 bits per heavy atom. The highest BCUT2D eigenvalue weighted by Gasteiger charge is 2.06. The second-order valence-corrected chi connectivity index (χ2v) is 4.52. The molecule has 2 rings (SSSR count). The number of nitrogens with one attached hydrogen (secondary N) is 1. The Bertz CT molecular complexity index is 503. The van der Waals surface area contributed by atoms with Crippen LogP contribution in [0.4, 0.5) is 0 Å². The minimum atomic E-state index is 0.772. The van der Waals surface area contributed by atoms with Gasteiger partial charge in [0.25, 0.3) is 0 Å². The molecule has 0 unspecified atom stereocenters. The van der Waals surface area contributed by atoms with E-state index >= 15 is 0 Å². The molecule has 1 aromatic carbocycles. The minimum Gasteiger partial charge on any atom is -0.319 e. The van der Waals surface area contributed by atoms with Crippen molar-refractivity contribution in [2.24, 2.45) is 0 Å². The highest BCUT2D eigenvalue weighted by Crippen LogP contribution is 2.21. The van der Waals surface area contributed by atoms with Gasteiger partial charge in [0.15, 0.2) is 0 Å². The Morgan fingerprint density at radius 2 is 2.12 bits per heavy atom. The lowest BCUT2D eigenvalue weighted by molar-refractivity contribution is 0.697. The number of rotatable bonds is 4. The van der Waals surface area contributed by atoms with Gasteiger partial charge in [0, 0.05) is 29.1 Å². The van der Waals surface area contributed by atoms with E-state index in [-0.39, 0.29) is 0 Å². The first-order chi connectivity index (χ1) is 8.22. The van der Waals surface area contributed by atoms with E-state index in [4.69, 9.17) is 11.6 Å². The van der Waals surface area contributed by atoms with Crippen molar-refractivity contribution in [2.75, 3.05) is 6.54 Å². The van der Waals surface area contributed by atoms with Crippen LogP contribution in [-0.4, -0.2) is 11.1 Å². The van der Waals surface area contributed by atoms with Crippen molar-refractivity contribution in [1.29, 1.82) is 0 Å². The van der Waals surface area contributed by atoms with E-state index in [0.29, 0.717) is 0 Å². The van der Waals surface area contributed by atoms with E-state index in [9.17, 15) is 0 Å². The Morgan fingerprint density at radius 1 is 1.29 bits per heavy atom. The predicted octanol–water partition coefficient (Wildman–Crippen LogP) is 3.55. The van der Waals surface area contributed by atoms with Crippen LogP contribution in [0.2, 0.25) is 5.02 Å². The monoisotopic (exact) mass is 248 g/mol. The first-order valence-corrected chi connectivity index (χ1v) is 6.23. The first kappa shape index (κ1) is 12.2. The zero-order chi connectivity index (χ0) is 12.3. The molecule has 0 spiro atoms. The number of aryl methyl sites for hydroxylation is 1. The van der Waals surface area contributed by atoms with Gasteiger partial charge >= 0.3 is 0 Å². The van der Waals surface area contributed by atoms with E-state index in [2.05, 4.69) is 48.1 Å². The topological polar surface area (TPSA) is 17.0 Å². The predicted molar refractivity (Wildman–Crippen MR) is 72.9 cm³/mol. The summed E-state index contributed by atoms with van der Waals surface area (Å²) >= 11 is 6.06. The van der Waals surface area contributed by atoms with Crippen molar-refractivity contribution in [3.8, 4) is 5.69 Å². The average Bonchev–Trinajstić information content (AvgIpc) is 2.77. The van der Waals surface area contributed by atoms with E-state index in [1.165, 1.54) is 11.3 Å². The van der Waals surface area contributed by atoms with Gasteiger partial charge in [-0.2, -0.15) is 0 Å². The van der Waals surface area contributed by atoms with Gasteiger partial charge in [-0.1, -0.05) is 24.6 Å². The second kappa shape index (κ2) is 5.39. The summed E-state index contributed by atoms with van der Waals surface area (Å²) in [5, 5.41) is 4.11. The molecule has 2 nitrogen and oxygen atoms in total. The van der Waals surface area contributed by atoms with Crippen LogP contribution in [0.1, 0.15) is 18.2 Å². The fourth-order valence-electron chi connectivity index (χ4n) is 1.89. The van der Waals surface area contributed by atoms with E-state index in [0.717, 1.165) is 23.8 Å². The summed E-state index contributed by atoms with van der Waals surface area (Å²) in [5.74, 6) is 0. The highest BCUT2D eigenvalue weighted by molar-refractivity contribution is 6.30. The van der Waals surface area contributed by atoms with Crippen molar-refractivity contribution in [3.05, 3.63) is 52.8 Å². The zero-order valence-corrected chi connectivity index (χ0v) is 11.0. The summed E-state index contributed by atoms with van der Waals surface area (Å²) < 4.78 is 2.18. The minimum absolute atomic E-state index is 0.772. The number of benzene rings is 1. The number of hydrogen-bond acceptors (Lipinski definition) is 1. The highest BCUT2D eigenvalue weighted by atomic mass is 35.5. The van der Waals surface area contributed by atoms with Crippen LogP contribution < -0.4 is 5.32 Å². The van der Waals surface area contributed by atoms with Gasteiger partial charge in [-0.05, 0) is 43.3 Å². The van der Waals surface area contributed by atoms with Gasteiger partial charge in [0.2, 0.25) is 0 Å². The van der Waals surface area contributed by atoms with Gasteiger partial charge in [-0.15, -0.1) is 0 Å². The lowest BCUT2D eigenvalue weighted by Crippen LogP contribution is -2.14. The third-order valence-corrected chi connectivity index (χ3v) is 3.06. The molecule has 90 valence electrons.